The van der Waals surface area contributed by atoms with Crippen LogP contribution in [0.4, 0.5) is 0 Å². The maximum Gasteiger partial charge on any atom is 0.0474 e. The smallest absolute Gasteiger partial charge is 0.0474 e. The largest absolute Gasteiger partial charge is 0.396 e. The highest BCUT2D eigenvalue weighted by molar-refractivity contribution is 4.72. The van der Waals surface area contributed by atoms with Crippen LogP contribution in [0.1, 0.15) is 90.4 Å². The molecule has 0 fully saturated rings. The molecule has 0 aromatic carbocycles. The number of nitrogens with two attached hydrogens (primary N) is 2. The fraction of sp³-hybridized carbons (Fsp3) is 1.00. The maximum atomic E-state index is 9.27. The number of hydrogen-bond donors (Lipinski definition) is 3. The molecular formula is C18H40N2O. The summed E-state index contributed by atoms with van der Waals surface area (Å²) in [5.74, 6) is 0.193. The Morgan fingerprint density at radius 3 is 1.57 bits per heavy atom. The molecule has 0 saturated carbocycles. The minimum atomic E-state index is -0.0392. The number of rotatable bonds is 16. The first-order chi connectivity index (χ1) is 10.3. The summed E-state index contributed by atoms with van der Waals surface area (Å²) in [5.41, 5.74) is 11.4. The van der Waals surface area contributed by atoms with E-state index in [-0.39, 0.29) is 18.6 Å². The van der Waals surface area contributed by atoms with Gasteiger partial charge in [-0.05, 0) is 12.3 Å². The van der Waals surface area contributed by atoms with E-state index >= 15 is 0 Å². The van der Waals surface area contributed by atoms with E-state index in [2.05, 4.69) is 6.92 Å². The lowest BCUT2D eigenvalue weighted by atomic mass is 9.94. The fourth-order valence-corrected chi connectivity index (χ4v) is 2.88. The van der Waals surface area contributed by atoms with Crippen molar-refractivity contribution in [2.24, 2.45) is 17.4 Å². The first kappa shape index (κ1) is 20.9. The molecule has 2 unspecified atom stereocenters. The van der Waals surface area contributed by atoms with Crippen LogP contribution in [0, 0.1) is 5.92 Å². The Morgan fingerprint density at radius 2 is 1.19 bits per heavy atom. The van der Waals surface area contributed by atoms with Gasteiger partial charge in [0.15, 0.2) is 0 Å². The van der Waals surface area contributed by atoms with Gasteiger partial charge in [-0.25, -0.2) is 0 Å². The third-order valence-electron chi connectivity index (χ3n) is 4.54. The van der Waals surface area contributed by atoms with Crippen LogP contribution in [0.25, 0.3) is 0 Å². The molecular weight excluding hydrogens is 260 g/mol. The molecule has 0 rings (SSSR count). The summed E-state index contributed by atoms with van der Waals surface area (Å²) in [6.07, 6.45) is 17.4. The van der Waals surface area contributed by atoms with Gasteiger partial charge < -0.3 is 16.6 Å². The molecule has 5 N–H and O–H groups in total. The number of aliphatic hydroxyl groups is 1. The van der Waals surface area contributed by atoms with Gasteiger partial charge in [-0.3, -0.25) is 0 Å². The topological polar surface area (TPSA) is 72.3 Å². The summed E-state index contributed by atoms with van der Waals surface area (Å²) >= 11 is 0. The molecule has 0 aromatic heterocycles. The standard InChI is InChI=1S/C18H40N2O/c1-2-3-4-5-6-7-8-9-10-11-12-13-14-17(16-21)18(20)15-19/h17-18,21H,2-16,19-20H2,1H3. The molecule has 0 heterocycles. The molecule has 3 nitrogen and oxygen atoms in total. The molecule has 3 heteroatoms. The highest BCUT2D eigenvalue weighted by Crippen LogP contribution is 2.15. The van der Waals surface area contributed by atoms with Crippen molar-refractivity contribution in [2.75, 3.05) is 13.2 Å². The molecule has 0 aromatic rings. The van der Waals surface area contributed by atoms with Crippen LogP contribution in [-0.2, 0) is 0 Å². The van der Waals surface area contributed by atoms with Gasteiger partial charge in [0.05, 0.1) is 0 Å². The Kier molecular flexibility index (Phi) is 16.2. The van der Waals surface area contributed by atoms with Gasteiger partial charge >= 0.3 is 0 Å². The summed E-state index contributed by atoms with van der Waals surface area (Å²) in [7, 11) is 0. The summed E-state index contributed by atoms with van der Waals surface area (Å²) in [4.78, 5) is 0. The van der Waals surface area contributed by atoms with Crippen LogP contribution in [0.3, 0.4) is 0 Å². The van der Waals surface area contributed by atoms with Crippen LogP contribution in [-0.4, -0.2) is 24.3 Å². The molecule has 0 amide bonds. The normalized spacial score (nSPS) is 14.3. The Balaban J connectivity index is 3.21. The average molecular weight is 301 g/mol. The van der Waals surface area contributed by atoms with Crippen molar-refractivity contribution in [1.29, 1.82) is 0 Å². The van der Waals surface area contributed by atoms with Crippen molar-refractivity contribution in [3.8, 4) is 0 Å². The molecule has 0 spiro atoms. The highest BCUT2D eigenvalue weighted by atomic mass is 16.3. The number of aliphatic hydroxyl groups excluding tert-OH is 1. The van der Waals surface area contributed by atoms with Gasteiger partial charge in [0.2, 0.25) is 0 Å². The molecule has 2 atom stereocenters. The van der Waals surface area contributed by atoms with E-state index in [4.69, 9.17) is 11.5 Å². The highest BCUT2D eigenvalue weighted by Gasteiger charge is 2.14. The van der Waals surface area contributed by atoms with E-state index in [1.165, 1.54) is 77.0 Å². The van der Waals surface area contributed by atoms with Crippen molar-refractivity contribution in [1.82, 2.24) is 0 Å². The lowest BCUT2D eigenvalue weighted by Gasteiger charge is -2.20. The lowest BCUT2D eigenvalue weighted by molar-refractivity contribution is 0.194. The van der Waals surface area contributed by atoms with Crippen molar-refractivity contribution >= 4 is 0 Å². The molecule has 0 saturated heterocycles. The van der Waals surface area contributed by atoms with Crippen molar-refractivity contribution in [2.45, 2.75) is 96.4 Å². The number of unbranched alkanes of at least 4 members (excludes halogenated alkanes) is 11. The summed E-state index contributed by atoms with van der Waals surface area (Å²) in [6, 6.07) is -0.0392. The molecule has 0 aliphatic heterocycles. The predicted octanol–water partition coefficient (Wildman–Crippen LogP) is 3.97. The van der Waals surface area contributed by atoms with Crippen LogP contribution < -0.4 is 11.5 Å². The van der Waals surface area contributed by atoms with Crippen LogP contribution >= 0.6 is 0 Å². The molecule has 21 heavy (non-hydrogen) atoms. The fourth-order valence-electron chi connectivity index (χ4n) is 2.88. The van der Waals surface area contributed by atoms with Crippen molar-refractivity contribution in [3.63, 3.8) is 0 Å². The van der Waals surface area contributed by atoms with Gasteiger partial charge in [-0.1, -0.05) is 84.0 Å². The summed E-state index contributed by atoms with van der Waals surface area (Å²) < 4.78 is 0. The van der Waals surface area contributed by atoms with E-state index in [1.54, 1.807) is 0 Å². The Labute approximate surface area is 132 Å². The van der Waals surface area contributed by atoms with Crippen LogP contribution in [0.15, 0.2) is 0 Å². The first-order valence-electron chi connectivity index (χ1n) is 9.32. The van der Waals surface area contributed by atoms with E-state index in [1.807, 2.05) is 0 Å². The van der Waals surface area contributed by atoms with Gasteiger partial charge in [0, 0.05) is 19.2 Å². The Bertz CT molecular complexity index is 200. The molecule has 0 bridgehead atoms. The Hall–Kier alpha value is -0.120. The van der Waals surface area contributed by atoms with Gasteiger partial charge in [0.1, 0.15) is 0 Å². The number of hydrogen-bond acceptors (Lipinski definition) is 3. The van der Waals surface area contributed by atoms with Gasteiger partial charge in [0.25, 0.3) is 0 Å². The zero-order valence-corrected chi connectivity index (χ0v) is 14.4. The van der Waals surface area contributed by atoms with Crippen molar-refractivity contribution < 1.29 is 5.11 Å². The zero-order valence-electron chi connectivity index (χ0n) is 14.4. The zero-order chi connectivity index (χ0) is 15.8. The quantitative estimate of drug-likeness (QED) is 0.378. The van der Waals surface area contributed by atoms with Gasteiger partial charge in [-0.15, -0.1) is 0 Å². The second-order valence-corrected chi connectivity index (χ2v) is 6.52. The Morgan fingerprint density at radius 1 is 0.762 bits per heavy atom. The van der Waals surface area contributed by atoms with E-state index in [0.29, 0.717) is 6.54 Å². The van der Waals surface area contributed by atoms with Crippen LogP contribution in [0.5, 0.6) is 0 Å². The minimum absolute atomic E-state index is 0.0392. The third-order valence-corrected chi connectivity index (χ3v) is 4.54. The minimum Gasteiger partial charge on any atom is -0.396 e. The molecule has 0 radical (unpaired) electrons. The molecule has 128 valence electrons. The molecule has 0 aliphatic carbocycles. The monoisotopic (exact) mass is 300 g/mol. The van der Waals surface area contributed by atoms with E-state index in [9.17, 15) is 5.11 Å². The lowest BCUT2D eigenvalue weighted by Crippen LogP contribution is -2.39. The van der Waals surface area contributed by atoms with Gasteiger partial charge in [-0.2, -0.15) is 0 Å². The second kappa shape index (κ2) is 16.3. The average Bonchev–Trinajstić information content (AvgIpc) is 2.51. The predicted molar refractivity (Wildman–Crippen MR) is 93.3 cm³/mol. The van der Waals surface area contributed by atoms with E-state index in [0.717, 1.165) is 6.42 Å². The molecule has 0 aliphatic rings. The first-order valence-corrected chi connectivity index (χ1v) is 9.32. The van der Waals surface area contributed by atoms with Crippen molar-refractivity contribution in [3.05, 3.63) is 0 Å². The third kappa shape index (κ3) is 13.3. The second-order valence-electron chi connectivity index (χ2n) is 6.52. The SMILES string of the molecule is CCCCCCCCCCCCCCC(CO)C(N)CN. The maximum absolute atomic E-state index is 9.27. The van der Waals surface area contributed by atoms with E-state index < -0.39 is 0 Å². The van der Waals surface area contributed by atoms with Crippen LogP contribution in [0.2, 0.25) is 0 Å². The summed E-state index contributed by atoms with van der Waals surface area (Å²) in [5, 5.41) is 9.27. The summed E-state index contributed by atoms with van der Waals surface area (Å²) in [6.45, 7) is 2.92.